The molecule has 0 saturated heterocycles. The molecule has 172 valence electrons. The number of rotatable bonds is 3. The molecule has 33 heavy (non-hydrogen) atoms. The molecule has 3 aromatic rings. The molecule has 0 saturated carbocycles. The quantitative estimate of drug-likeness (QED) is 0.258. The molecule has 0 aromatic heterocycles. The summed E-state index contributed by atoms with van der Waals surface area (Å²) in [5.74, 6) is -2.93. The molecule has 0 amide bonds. The van der Waals surface area contributed by atoms with Crippen molar-refractivity contribution in [3.8, 4) is 40.2 Å². The second-order valence-corrected chi connectivity index (χ2v) is 7.99. The van der Waals surface area contributed by atoms with Crippen molar-refractivity contribution in [3.05, 3.63) is 64.2 Å². The van der Waals surface area contributed by atoms with Gasteiger partial charge in [-0.3, -0.25) is 0 Å². The van der Waals surface area contributed by atoms with Crippen LogP contribution in [0.1, 0.15) is 38.7 Å². The van der Waals surface area contributed by atoms with Crippen LogP contribution in [0.5, 0.6) is 40.2 Å². The highest BCUT2D eigenvalue weighted by Crippen LogP contribution is 2.45. The van der Waals surface area contributed by atoms with Gasteiger partial charge in [0.25, 0.3) is 0 Å². The Morgan fingerprint density at radius 1 is 0.848 bits per heavy atom. The molecule has 0 radical (unpaired) electrons. The molecule has 3 aromatic carbocycles. The summed E-state index contributed by atoms with van der Waals surface area (Å²) >= 11 is 0. The van der Waals surface area contributed by atoms with Crippen LogP contribution in [0, 0.1) is 13.8 Å². The van der Waals surface area contributed by atoms with Crippen molar-refractivity contribution in [2.24, 2.45) is 0 Å². The summed E-state index contributed by atoms with van der Waals surface area (Å²) in [6.07, 6.45) is -2.08. The average Bonchev–Trinajstić information content (AvgIpc) is 2.75. The number of carbonyl (C=O) groups is 1. The minimum absolute atomic E-state index is 0.00367. The van der Waals surface area contributed by atoms with E-state index >= 15 is 0 Å². The molecule has 4 rings (SSSR count). The smallest absolute Gasteiger partial charge is 0.338 e. The van der Waals surface area contributed by atoms with Gasteiger partial charge >= 0.3 is 5.97 Å². The minimum Gasteiger partial charge on any atom is -0.508 e. The largest absolute Gasteiger partial charge is 0.508 e. The van der Waals surface area contributed by atoms with E-state index in [4.69, 9.17) is 9.47 Å². The van der Waals surface area contributed by atoms with Crippen molar-refractivity contribution in [1.82, 2.24) is 0 Å². The average molecular weight is 454 g/mol. The minimum atomic E-state index is -1.06. The lowest BCUT2D eigenvalue weighted by molar-refractivity contribution is -0.0189. The van der Waals surface area contributed by atoms with Crippen LogP contribution in [0.25, 0.3) is 0 Å². The molecule has 0 fully saturated rings. The number of carbonyl (C=O) groups excluding carboxylic acids is 1. The second kappa shape index (κ2) is 8.01. The van der Waals surface area contributed by atoms with Gasteiger partial charge in [0.1, 0.15) is 29.1 Å². The summed E-state index contributed by atoms with van der Waals surface area (Å²) in [5.41, 5.74) is 1.66. The summed E-state index contributed by atoms with van der Waals surface area (Å²) in [5, 5.41) is 59.7. The fourth-order valence-electron chi connectivity index (χ4n) is 3.90. The zero-order valence-corrected chi connectivity index (χ0v) is 17.7. The highest BCUT2D eigenvalue weighted by atomic mass is 16.6. The molecule has 0 spiro atoms. The van der Waals surface area contributed by atoms with Crippen LogP contribution in [0.4, 0.5) is 0 Å². The SMILES string of the molecule is Cc1cc(C(=O)O[C@@H]2Cc3c(O)cc(O)cc3O[C@@H]2c2cc(O)c(O)c(O)c2)cc(C)c1O. The molecule has 0 aliphatic carbocycles. The molecule has 0 bridgehead atoms. The van der Waals surface area contributed by atoms with Gasteiger partial charge in [0.05, 0.1) is 5.56 Å². The number of fused-ring (bicyclic) bond motifs is 1. The van der Waals surface area contributed by atoms with E-state index in [1.165, 1.54) is 18.2 Å². The molecule has 6 N–H and O–H groups in total. The van der Waals surface area contributed by atoms with Crippen LogP contribution < -0.4 is 4.74 Å². The molecule has 1 aliphatic heterocycles. The van der Waals surface area contributed by atoms with Gasteiger partial charge in [-0.1, -0.05) is 0 Å². The summed E-state index contributed by atoms with van der Waals surface area (Å²) in [7, 11) is 0. The summed E-state index contributed by atoms with van der Waals surface area (Å²) in [4.78, 5) is 12.9. The Morgan fingerprint density at radius 2 is 1.45 bits per heavy atom. The predicted molar refractivity (Wildman–Crippen MR) is 115 cm³/mol. The van der Waals surface area contributed by atoms with Crippen molar-refractivity contribution in [2.45, 2.75) is 32.5 Å². The van der Waals surface area contributed by atoms with E-state index in [-0.39, 0.29) is 40.5 Å². The van der Waals surface area contributed by atoms with E-state index in [2.05, 4.69) is 0 Å². The summed E-state index contributed by atoms with van der Waals surface area (Å²) in [6.45, 7) is 3.29. The fraction of sp³-hybridized carbons (Fsp3) is 0.208. The molecule has 9 heteroatoms. The third-order valence-electron chi connectivity index (χ3n) is 5.57. The van der Waals surface area contributed by atoms with Gasteiger partial charge in [-0.2, -0.15) is 0 Å². The number of aromatic hydroxyl groups is 6. The van der Waals surface area contributed by atoms with Crippen molar-refractivity contribution in [3.63, 3.8) is 0 Å². The van der Waals surface area contributed by atoms with Gasteiger partial charge in [0.15, 0.2) is 23.4 Å². The lowest BCUT2D eigenvalue weighted by Crippen LogP contribution is -2.34. The fourth-order valence-corrected chi connectivity index (χ4v) is 3.90. The first-order valence-corrected chi connectivity index (χ1v) is 10.0. The first kappa shape index (κ1) is 21.9. The van der Waals surface area contributed by atoms with E-state index in [0.29, 0.717) is 16.7 Å². The number of esters is 1. The van der Waals surface area contributed by atoms with Crippen LogP contribution in [-0.2, 0) is 11.2 Å². The van der Waals surface area contributed by atoms with Crippen LogP contribution in [0.2, 0.25) is 0 Å². The van der Waals surface area contributed by atoms with Gasteiger partial charge < -0.3 is 40.1 Å². The lowest BCUT2D eigenvalue weighted by atomic mass is 9.93. The Morgan fingerprint density at radius 3 is 2.06 bits per heavy atom. The third kappa shape index (κ3) is 4.00. The maximum Gasteiger partial charge on any atom is 0.338 e. The van der Waals surface area contributed by atoms with Gasteiger partial charge in [-0.05, 0) is 49.2 Å². The standard InChI is InChI=1S/C24H22O9/c1-10-3-13(4-11(2)21(10)29)24(31)33-20-9-15-16(26)7-14(25)8-19(15)32-23(20)12-5-17(27)22(30)18(28)6-12/h3-8,20,23,25-30H,9H2,1-2H3/t20-,23-/m1/s1. The highest BCUT2D eigenvalue weighted by molar-refractivity contribution is 5.90. The Hall–Kier alpha value is -4.27. The highest BCUT2D eigenvalue weighted by Gasteiger charge is 2.37. The van der Waals surface area contributed by atoms with Gasteiger partial charge in [-0.25, -0.2) is 4.79 Å². The van der Waals surface area contributed by atoms with E-state index in [9.17, 15) is 35.4 Å². The van der Waals surface area contributed by atoms with E-state index in [1.54, 1.807) is 13.8 Å². The van der Waals surface area contributed by atoms with Crippen LogP contribution >= 0.6 is 0 Å². The first-order valence-electron chi connectivity index (χ1n) is 10.0. The maximum atomic E-state index is 12.9. The van der Waals surface area contributed by atoms with Crippen LogP contribution in [0.15, 0.2) is 36.4 Å². The van der Waals surface area contributed by atoms with E-state index in [1.807, 2.05) is 0 Å². The monoisotopic (exact) mass is 454 g/mol. The summed E-state index contributed by atoms with van der Waals surface area (Å²) in [6, 6.07) is 7.68. The Bertz CT molecular complexity index is 1220. The Labute approximate surface area is 188 Å². The van der Waals surface area contributed by atoms with Crippen molar-refractivity contribution < 1.29 is 44.9 Å². The number of hydrogen-bond donors (Lipinski definition) is 6. The molecular formula is C24H22O9. The van der Waals surface area contributed by atoms with Crippen LogP contribution in [0.3, 0.4) is 0 Å². The molecule has 9 nitrogen and oxygen atoms in total. The lowest BCUT2D eigenvalue weighted by Gasteiger charge is -2.34. The number of hydrogen-bond acceptors (Lipinski definition) is 9. The van der Waals surface area contributed by atoms with Gasteiger partial charge in [0.2, 0.25) is 0 Å². The molecule has 1 heterocycles. The van der Waals surface area contributed by atoms with Crippen molar-refractivity contribution in [2.75, 3.05) is 0 Å². The first-order chi connectivity index (χ1) is 15.5. The molecule has 2 atom stereocenters. The number of benzene rings is 3. The number of aryl methyl sites for hydroxylation is 2. The predicted octanol–water partition coefficient (Wildman–Crippen LogP) is 3.44. The maximum absolute atomic E-state index is 12.9. The van der Waals surface area contributed by atoms with E-state index < -0.39 is 35.4 Å². The number of phenolic OH excluding ortho intramolecular Hbond substituents is 6. The van der Waals surface area contributed by atoms with Gasteiger partial charge in [-0.15, -0.1) is 0 Å². The third-order valence-corrected chi connectivity index (χ3v) is 5.57. The molecular weight excluding hydrogens is 432 g/mol. The topological polar surface area (TPSA) is 157 Å². The Kier molecular flexibility index (Phi) is 5.33. The molecule has 1 aliphatic rings. The molecule has 0 unspecified atom stereocenters. The zero-order valence-electron chi connectivity index (χ0n) is 17.7. The number of ether oxygens (including phenoxy) is 2. The van der Waals surface area contributed by atoms with Crippen LogP contribution in [-0.4, -0.2) is 42.7 Å². The second-order valence-electron chi connectivity index (χ2n) is 7.99. The van der Waals surface area contributed by atoms with Crippen molar-refractivity contribution >= 4 is 5.97 Å². The summed E-state index contributed by atoms with van der Waals surface area (Å²) < 4.78 is 11.6. The normalized spacial score (nSPS) is 17.2. The zero-order chi connectivity index (χ0) is 24.0. The van der Waals surface area contributed by atoms with Gasteiger partial charge in [0, 0.05) is 29.7 Å². The Balaban J connectivity index is 1.75. The number of phenols is 6. The van der Waals surface area contributed by atoms with Crippen molar-refractivity contribution in [1.29, 1.82) is 0 Å². The van der Waals surface area contributed by atoms with E-state index in [0.717, 1.165) is 18.2 Å².